The van der Waals surface area contributed by atoms with Gasteiger partial charge in [-0.2, -0.15) is 0 Å². The SMILES string of the molecule is O=C(C[C@H](c1ccccc1)c1cnc2ccccn12)NCc1ccccc1. The number of pyridine rings is 1. The average molecular weight is 355 g/mol. The summed E-state index contributed by atoms with van der Waals surface area (Å²) in [4.78, 5) is 17.2. The molecule has 1 atom stereocenters. The van der Waals surface area contributed by atoms with Gasteiger partial charge in [-0.25, -0.2) is 4.98 Å². The van der Waals surface area contributed by atoms with E-state index in [1.54, 1.807) is 0 Å². The van der Waals surface area contributed by atoms with Crippen molar-refractivity contribution >= 4 is 11.6 Å². The fourth-order valence-electron chi connectivity index (χ4n) is 3.34. The van der Waals surface area contributed by atoms with E-state index in [1.807, 2.05) is 79.1 Å². The topological polar surface area (TPSA) is 46.4 Å². The summed E-state index contributed by atoms with van der Waals surface area (Å²) in [6.45, 7) is 0.536. The van der Waals surface area contributed by atoms with Crippen molar-refractivity contribution in [3.05, 3.63) is 108 Å². The van der Waals surface area contributed by atoms with Crippen LogP contribution >= 0.6 is 0 Å². The molecule has 0 radical (unpaired) electrons. The van der Waals surface area contributed by atoms with E-state index in [2.05, 4.69) is 26.8 Å². The maximum Gasteiger partial charge on any atom is 0.221 e. The molecule has 27 heavy (non-hydrogen) atoms. The molecule has 4 heteroatoms. The molecule has 4 aromatic rings. The molecular weight excluding hydrogens is 334 g/mol. The highest BCUT2D eigenvalue weighted by Crippen LogP contribution is 2.28. The van der Waals surface area contributed by atoms with Gasteiger partial charge in [-0.05, 0) is 23.3 Å². The molecule has 0 saturated carbocycles. The van der Waals surface area contributed by atoms with E-state index in [-0.39, 0.29) is 11.8 Å². The molecule has 0 aliphatic rings. The number of carbonyl (C=O) groups is 1. The Morgan fingerprint density at radius 1 is 0.926 bits per heavy atom. The smallest absolute Gasteiger partial charge is 0.221 e. The van der Waals surface area contributed by atoms with E-state index in [4.69, 9.17) is 0 Å². The van der Waals surface area contributed by atoms with Crippen molar-refractivity contribution < 1.29 is 4.79 Å². The minimum Gasteiger partial charge on any atom is -0.352 e. The van der Waals surface area contributed by atoms with Gasteiger partial charge in [0.05, 0.1) is 5.69 Å². The number of hydrogen-bond donors (Lipinski definition) is 1. The summed E-state index contributed by atoms with van der Waals surface area (Å²) in [5.74, 6) is -0.0297. The molecule has 0 aliphatic carbocycles. The standard InChI is InChI=1S/C23H21N3O/c27-23(25-16-18-9-3-1-4-10-18)15-20(19-11-5-2-6-12-19)21-17-24-22-13-7-8-14-26(21)22/h1-14,17,20H,15-16H2,(H,25,27)/t20-/m1/s1. The molecule has 1 N–H and O–H groups in total. The van der Waals surface area contributed by atoms with Crippen LogP contribution in [-0.2, 0) is 11.3 Å². The van der Waals surface area contributed by atoms with Crippen molar-refractivity contribution in [2.24, 2.45) is 0 Å². The van der Waals surface area contributed by atoms with E-state index in [9.17, 15) is 4.79 Å². The summed E-state index contributed by atoms with van der Waals surface area (Å²) in [6.07, 6.45) is 4.24. The molecule has 2 heterocycles. The van der Waals surface area contributed by atoms with E-state index >= 15 is 0 Å². The van der Waals surface area contributed by atoms with Gasteiger partial charge in [0.2, 0.25) is 5.91 Å². The molecule has 0 spiro atoms. The quantitative estimate of drug-likeness (QED) is 0.564. The molecule has 1 amide bonds. The first kappa shape index (κ1) is 17.0. The first-order valence-corrected chi connectivity index (χ1v) is 9.09. The van der Waals surface area contributed by atoms with Crippen molar-refractivity contribution in [2.45, 2.75) is 18.9 Å². The molecule has 0 bridgehead atoms. The predicted molar refractivity (Wildman–Crippen MR) is 106 cm³/mol. The number of aromatic nitrogens is 2. The Labute approximate surface area is 158 Å². The van der Waals surface area contributed by atoms with Crippen LogP contribution in [0.5, 0.6) is 0 Å². The van der Waals surface area contributed by atoms with Gasteiger partial charge in [0.15, 0.2) is 0 Å². The van der Waals surface area contributed by atoms with Crippen LogP contribution < -0.4 is 5.32 Å². The van der Waals surface area contributed by atoms with Gasteiger partial charge in [-0.3, -0.25) is 4.79 Å². The zero-order chi connectivity index (χ0) is 18.5. The Balaban J connectivity index is 1.58. The number of fused-ring (bicyclic) bond motifs is 1. The van der Waals surface area contributed by atoms with Crippen LogP contribution in [0, 0.1) is 0 Å². The summed E-state index contributed by atoms with van der Waals surface area (Å²) in [6, 6.07) is 26.0. The number of hydrogen-bond acceptors (Lipinski definition) is 2. The number of nitrogens with one attached hydrogen (secondary N) is 1. The molecule has 0 aliphatic heterocycles. The van der Waals surface area contributed by atoms with Crippen LogP contribution in [0.4, 0.5) is 0 Å². The van der Waals surface area contributed by atoms with Gasteiger partial charge >= 0.3 is 0 Å². The van der Waals surface area contributed by atoms with E-state index in [1.165, 1.54) is 0 Å². The van der Waals surface area contributed by atoms with E-state index < -0.39 is 0 Å². The Bertz CT molecular complexity index is 1030. The van der Waals surface area contributed by atoms with Gasteiger partial charge in [-0.1, -0.05) is 66.7 Å². The Morgan fingerprint density at radius 2 is 1.63 bits per heavy atom. The lowest BCUT2D eigenvalue weighted by Gasteiger charge is -2.17. The summed E-state index contributed by atoms with van der Waals surface area (Å²) < 4.78 is 2.06. The molecule has 2 aromatic heterocycles. The fraction of sp³-hybridized carbons (Fsp3) is 0.130. The second-order valence-electron chi connectivity index (χ2n) is 6.54. The van der Waals surface area contributed by atoms with Gasteiger partial charge in [0.1, 0.15) is 5.65 Å². The van der Waals surface area contributed by atoms with Crippen molar-refractivity contribution in [2.75, 3.05) is 0 Å². The summed E-state index contributed by atoms with van der Waals surface area (Å²) in [5.41, 5.74) is 4.11. The Morgan fingerprint density at radius 3 is 2.41 bits per heavy atom. The molecule has 0 saturated heterocycles. The third kappa shape index (κ3) is 3.90. The highest BCUT2D eigenvalue weighted by Gasteiger charge is 2.21. The van der Waals surface area contributed by atoms with Crippen molar-refractivity contribution in [1.82, 2.24) is 14.7 Å². The van der Waals surface area contributed by atoms with Gasteiger partial charge in [0, 0.05) is 31.3 Å². The normalized spacial score (nSPS) is 12.0. The third-order valence-corrected chi connectivity index (χ3v) is 4.73. The summed E-state index contributed by atoms with van der Waals surface area (Å²) >= 11 is 0. The lowest BCUT2D eigenvalue weighted by atomic mass is 9.92. The van der Waals surface area contributed by atoms with Crippen LogP contribution in [0.1, 0.15) is 29.2 Å². The number of imidazole rings is 1. The van der Waals surface area contributed by atoms with E-state index in [0.29, 0.717) is 13.0 Å². The predicted octanol–water partition coefficient (Wildman–Crippen LogP) is 4.17. The monoisotopic (exact) mass is 355 g/mol. The number of rotatable bonds is 6. The minimum atomic E-state index is -0.0561. The second kappa shape index (κ2) is 7.87. The maximum atomic E-state index is 12.7. The van der Waals surface area contributed by atoms with Gasteiger partial charge in [-0.15, -0.1) is 0 Å². The van der Waals surface area contributed by atoms with Crippen LogP contribution in [0.25, 0.3) is 5.65 Å². The van der Waals surface area contributed by atoms with Crippen molar-refractivity contribution in [3.63, 3.8) is 0 Å². The molecule has 2 aromatic carbocycles. The highest BCUT2D eigenvalue weighted by molar-refractivity contribution is 5.77. The Hall–Kier alpha value is -3.40. The zero-order valence-corrected chi connectivity index (χ0v) is 15.0. The number of amides is 1. The molecule has 4 rings (SSSR count). The number of benzene rings is 2. The van der Waals surface area contributed by atoms with Crippen LogP contribution in [0.15, 0.2) is 91.3 Å². The maximum absolute atomic E-state index is 12.7. The molecule has 0 fully saturated rings. The van der Waals surface area contributed by atoms with Gasteiger partial charge in [0.25, 0.3) is 0 Å². The fourth-order valence-corrected chi connectivity index (χ4v) is 3.34. The molecule has 4 nitrogen and oxygen atoms in total. The lowest BCUT2D eigenvalue weighted by molar-refractivity contribution is -0.121. The second-order valence-corrected chi connectivity index (χ2v) is 6.54. The highest BCUT2D eigenvalue weighted by atomic mass is 16.1. The largest absolute Gasteiger partial charge is 0.352 e. The minimum absolute atomic E-state index is 0.0265. The van der Waals surface area contributed by atoms with Gasteiger partial charge < -0.3 is 9.72 Å². The molecule has 134 valence electrons. The molecule has 0 unspecified atom stereocenters. The third-order valence-electron chi connectivity index (χ3n) is 4.73. The number of nitrogens with zero attached hydrogens (tertiary/aromatic N) is 2. The summed E-state index contributed by atoms with van der Waals surface area (Å²) in [7, 11) is 0. The first-order valence-electron chi connectivity index (χ1n) is 9.09. The summed E-state index contributed by atoms with van der Waals surface area (Å²) in [5, 5.41) is 3.04. The average Bonchev–Trinajstić information content (AvgIpc) is 3.16. The van der Waals surface area contributed by atoms with Crippen molar-refractivity contribution in [3.8, 4) is 0 Å². The molecular formula is C23H21N3O. The van der Waals surface area contributed by atoms with Crippen LogP contribution in [0.2, 0.25) is 0 Å². The van der Waals surface area contributed by atoms with Crippen LogP contribution in [-0.4, -0.2) is 15.3 Å². The van der Waals surface area contributed by atoms with Crippen molar-refractivity contribution in [1.29, 1.82) is 0 Å². The Kier molecular flexibility index (Phi) is 4.97. The van der Waals surface area contributed by atoms with Crippen LogP contribution in [0.3, 0.4) is 0 Å². The lowest BCUT2D eigenvalue weighted by Crippen LogP contribution is -2.25. The number of carbonyl (C=O) groups excluding carboxylic acids is 1. The van der Waals surface area contributed by atoms with E-state index in [0.717, 1.165) is 22.5 Å². The first-order chi connectivity index (χ1) is 13.3. The zero-order valence-electron chi connectivity index (χ0n) is 15.0.